The van der Waals surface area contributed by atoms with E-state index in [1.54, 1.807) is 11.3 Å². The molecule has 2 heteroatoms. The number of hydrogen-bond donors (Lipinski definition) is 1. The van der Waals surface area contributed by atoms with Crippen LogP contribution in [0, 0.1) is 5.41 Å². The fourth-order valence-electron chi connectivity index (χ4n) is 1.84. The Morgan fingerprint density at radius 2 is 1.41 bits per heavy atom. The Morgan fingerprint density at radius 1 is 0.706 bits per heavy atom. The number of benzene rings is 2. The predicted molar refractivity (Wildman–Crippen MR) is 72.2 cm³/mol. The first-order valence-corrected chi connectivity index (χ1v) is 6.28. The molecule has 1 aliphatic carbocycles. The zero-order chi connectivity index (χ0) is 11.7. The molecule has 1 aromatic rings. The first-order valence-electron chi connectivity index (χ1n) is 5.47. The summed E-state index contributed by atoms with van der Waals surface area (Å²) < 4.78 is 0. The lowest BCUT2D eigenvalue weighted by molar-refractivity contribution is 1.28. The highest BCUT2D eigenvalue weighted by atomic mass is 32.1. The fourth-order valence-corrected chi connectivity index (χ4v) is 2.90. The second-order valence-electron chi connectivity index (χ2n) is 3.92. The average molecular weight is 237 g/mol. The summed E-state index contributed by atoms with van der Waals surface area (Å²) in [7, 11) is 0. The zero-order valence-electron chi connectivity index (χ0n) is 9.18. The summed E-state index contributed by atoms with van der Waals surface area (Å²) in [5, 5.41) is 8.23. The minimum absolute atomic E-state index is 0.568. The van der Waals surface area contributed by atoms with Crippen LogP contribution in [0.1, 0.15) is 0 Å². The van der Waals surface area contributed by atoms with Gasteiger partial charge in [0.1, 0.15) is 0 Å². The Hall–Kier alpha value is -1.93. The summed E-state index contributed by atoms with van der Waals surface area (Å²) in [5.41, 5.74) is 2.43. The highest BCUT2D eigenvalue weighted by Gasteiger charge is 2.04. The molecule has 1 aromatic carbocycles. The van der Waals surface area contributed by atoms with E-state index in [0.717, 1.165) is 0 Å². The lowest BCUT2D eigenvalue weighted by Crippen LogP contribution is -1.96. The van der Waals surface area contributed by atoms with E-state index in [1.807, 2.05) is 36.4 Å². The molecule has 17 heavy (non-hydrogen) atoms. The van der Waals surface area contributed by atoms with Gasteiger partial charge < -0.3 is 5.41 Å². The Bertz CT molecular complexity index is 670. The van der Waals surface area contributed by atoms with Gasteiger partial charge in [-0.2, -0.15) is 0 Å². The van der Waals surface area contributed by atoms with E-state index in [4.69, 9.17) is 5.41 Å². The van der Waals surface area contributed by atoms with Crippen molar-refractivity contribution in [3.05, 3.63) is 66.0 Å². The van der Waals surface area contributed by atoms with Crippen LogP contribution in [0.3, 0.4) is 0 Å². The normalized spacial score (nSPS) is 10.6. The Labute approximate surface area is 104 Å². The molecule has 1 N–H and O–H groups in total. The third-order valence-electron chi connectivity index (χ3n) is 2.71. The molecule has 0 bridgehead atoms. The summed E-state index contributed by atoms with van der Waals surface area (Å²) in [4.78, 5) is 2.41. The van der Waals surface area contributed by atoms with Gasteiger partial charge in [0.2, 0.25) is 0 Å². The Kier molecular flexibility index (Phi) is 2.50. The third kappa shape index (κ3) is 1.99. The monoisotopic (exact) mass is 237 g/mol. The first kappa shape index (κ1) is 10.2. The van der Waals surface area contributed by atoms with E-state index in [1.165, 1.54) is 20.9 Å². The van der Waals surface area contributed by atoms with Crippen LogP contribution in [0.5, 0.6) is 0 Å². The van der Waals surface area contributed by atoms with Gasteiger partial charge in [0.15, 0.2) is 0 Å². The number of hydrogen-bond acceptors (Lipinski definition) is 2. The van der Waals surface area contributed by atoms with Gasteiger partial charge in [-0.05, 0) is 29.3 Å². The van der Waals surface area contributed by atoms with Gasteiger partial charge in [-0.25, -0.2) is 0 Å². The molecule has 82 valence electrons. The third-order valence-corrected chi connectivity index (χ3v) is 3.87. The van der Waals surface area contributed by atoms with Crippen molar-refractivity contribution >= 4 is 11.3 Å². The molecule has 1 aliphatic heterocycles. The van der Waals surface area contributed by atoms with Crippen LogP contribution in [-0.4, -0.2) is 0 Å². The molecule has 0 saturated carbocycles. The molecule has 0 saturated heterocycles. The number of nitrogens with one attached hydrogen (secondary N) is 1. The fraction of sp³-hybridized carbons (Fsp3) is 0. The van der Waals surface area contributed by atoms with Crippen molar-refractivity contribution in [2.45, 2.75) is 0 Å². The Balaban J connectivity index is 2.21. The van der Waals surface area contributed by atoms with Crippen molar-refractivity contribution < 1.29 is 0 Å². The minimum Gasteiger partial charge on any atom is -0.301 e. The van der Waals surface area contributed by atoms with Gasteiger partial charge >= 0.3 is 0 Å². The molecule has 0 fully saturated rings. The molecule has 0 aromatic heterocycles. The molecule has 0 atom stereocenters. The summed E-state index contributed by atoms with van der Waals surface area (Å²) in [6.45, 7) is 0. The lowest BCUT2D eigenvalue weighted by atomic mass is 10.1. The SMILES string of the molecule is N=c1ccc2ccc(-c3ccccc3)sc-2c1. The van der Waals surface area contributed by atoms with Crippen molar-refractivity contribution in [2.24, 2.45) is 0 Å². The summed E-state index contributed by atoms with van der Waals surface area (Å²) in [5.74, 6) is 0. The smallest absolute Gasteiger partial charge is 0.0554 e. The van der Waals surface area contributed by atoms with E-state index in [0.29, 0.717) is 5.36 Å². The molecule has 1 heterocycles. The maximum atomic E-state index is 7.66. The molecule has 1 nitrogen and oxygen atoms in total. The van der Waals surface area contributed by atoms with Gasteiger partial charge in [0.25, 0.3) is 0 Å². The highest BCUT2D eigenvalue weighted by molar-refractivity contribution is 7.18. The molecule has 0 unspecified atom stereocenters. The van der Waals surface area contributed by atoms with E-state index in [-0.39, 0.29) is 0 Å². The average Bonchev–Trinajstić information content (AvgIpc) is 2.39. The van der Waals surface area contributed by atoms with E-state index >= 15 is 0 Å². The summed E-state index contributed by atoms with van der Waals surface area (Å²) in [6, 6.07) is 20.4. The molecule has 2 aliphatic rings. The van der Waals surface area contributed by atoms with E-state index < -0.39 is 0 Å². The standard InChI is InChI=1S/C15H11NS/c16-13-8-6-12-7-9-14(17-15(12)10-13)11-4-2-1-3-5-11/h1-10,16H. The van der Waals surface area contributed by atoms with Crippen LogP contribution in [0.15, 0.2) is 60.7 Å². The first-order chi connectivity index (χ1) is 8.33. The number of fused-ring (bicyclic) bond motifs is 1. The van der Waals surface area contributed by atoms with Gasteiger partial charge in [-0.1, -0.05) is 42.5 Å². The molecule has 3 rings (SSSR count). The van der Waals surface area contributed by atoms with Gasteiger partial charge in [0.05, 0.1) is 5.36 Å². The Morgan fingerprint density at radius 3 is 2.24 bits per heavy atom. The molecule has 0 amide bonds. The van der Waals surface area contributed by atoms with Gasteiger partial charge in [0, 0.05) is 9.75 Å². The van der Waals surface area contributed by atoms with Crippen molar-refractivity contribution in [1.29, 1.82) is 5.41 Å². The molecule has 0 radical (unpaired) electrons. The van der Waals surface area contributed by atoms with Crippen molar-refractivity contribution in [1.82, 2.24) is 0 Å². The van der Waals surface area contributed by atoms with E-state index in [2.05, 4.69) is 24.3 Å². The van der Waals surface area contributed by atoms with Crippen LogP contribution < -0.4 is 5.36 Å². The minimum atomic E-state index is 0.568. The summed E-state index contributed by atoms with van der Waals surface area (Å²) in [6.07, 6.45) is 0. The largest absolute Gasteiger partial charge is 0.301 e. The second kappa shape index (κ2) is 4.15. The van der Waals surface area contributed by atoms with Gasteiger partial charge in [-0.15, -0.1) is 11.3 Å². The topological polar surface area (TPSA) is 23.9 Å². The van der Waals surface area contributed by atoms with E-state index in [9.17, 15) is 0 Å². The van der Waals surface area contributed by atoms with Crippen LogP contribution >= 0.6 is 11.3 Å². The van der Waals surface area contributed by atoms with Crippen molar-refractivity contribution in [2.75, 3.05) is 0 Å². The molecule has 0 spiro atoms. The molecular formula is C15H11NS. The molecular weight excluding hydrogens is 226 g/mol. The number of rotatable bonds is 1. The lowest BCUT2D eigenvalue weighted by Gasteiger charge is -2.07. The zero-order valence-corrected chi connectivity index (χ0v) is 10.00. The summed E-state index contributed by atoms with van der Waals surface area (Å²) >= 11 is 1.73. The maximum absolute atomic E-state index is 7.66. The second-order valence-corrected chi connectivity index (χ2v) is 5.00. The predicted octanol–water partition coefficient (Wildman–Crippen LogP) is 4.00. The maximum Gasteiger partial charge on any atom is 0.0554 e. The van der Waals surface area contributed by atoms with Crippen molar-refractivity contribution in [3.8, 4) is 20.9 Å². The van der Waals surface area contributed by atoms with Crippen molar-refractivity contribution in [3.63, 3.8) is 0 Å². The van der Waals surface area contributed by atoms with Crippen LogP contribution in [0.4, 0.5) is 0 Å². The van der Waals surface area contributed by atoms with Gasteiger partial charge in [-0.3, -0.25) is 0 Å². The highest BCUT2D eigenvalue weighted by Crippen LogP contribution is 2.32. The van der Waals surface area contributed by atoms with Crippen LogP contribution in [-0.2, 0) is 0 Å². The quantitative estimate of drug-likeness (QED) is 0.661. The van der Waals surface area contributed by atoms with Crippen LogP contribution in [0.25, 0.3) is 20.9 Å². The van der Waals surface area contributed by atoms with Crippen LogP contribution in [0.2, 0.25) is 0 Å².